The molecule has 1 saturated heterocycles. The number of sulfone groups is 1. The van der Waals surface area contributed by atoms with Crippen LogP contribution in [0.15, 0.2) is 72.1 Å². The van der Waals surface area contributed by atoms with E-state index in [4.69, 9.17) is 9.47 Å². The minimum Gasteiger partial charge on any atom is -0.484 e. The first-order chi connectivity index (χ1) is 19.2. The summed E-state index contributed by atoms with van der Waals surface area (Å²) in [5.41, 5.74) is 1.62. The van der Waals surface area contributed by atoms with Gasteiger partial charge in [0.05, 0.1) is 17.8 Å². The Balaban J connectivity index is 1.33. The molecule has 0 aliphatic carbocycles. The quantitative estimate of drug-likeness (QED) is 0.211. The SMILES string of the molecule is CS(=O)(=O)c1ccc(CNc2ncnc3c2ncn3[C@@H]2O[C@H](CO)[C@@H](O)[C@H]2NC(=O)COc2ccccc2)cc1. The first-order valence-electron chi connectivity index (χ1n) is 12.4. The fraction of sp³-hybridized carbons (Fsp3) is 0.308. The van der Waals surface area contributed by atoms with Gasteiger partial charge in [0.1, 0.15) is 30.3 Å². The fourth-order valence-corrected chi connectivity index (χ4v) is 5.02. The highest BCUT2D eigenvalue weighted by molar-refractivity contribution is 7.90. The average molecular weight is 569 g/mol. The van der Waals surface area contributed by atoms with Gasteiger partial charge >= 0.3 is 0 Å². The molecule has 0 spiro atoms. The van der Waals surface area contributed by atoms with Crippen molar-refractivity contribution in [3.05, 3.63) is 72.8 Å². The highest BCUT2D eigenvalue weighted by Gasteiger charge is 2.45. The summed E-state index contributed by atoms with van der Waals surface area (Å²) in [6, 6.07) is 14.4. The summed E-state index contributed by atoms with van der Waals surface area (Å²) in [6.07, 6.45) is 0.871. The Morgan fingerprint density at radius 3 is 2.55 bits per heavy atom. The molecule has 4 N–H and O–H groups in total. The Morgan fingerprint density at radius 1 is 1.10 bits per heavy atom. The average Bonchev–Trinajstić information content (AvgIpc) is 3.52. The maximum absolute atomic E-state index is 12.7. The molecule has 13 nitrogen and oxygen atoms in total. The minimum absolute atomic E-state index is 0.229. The molecule has 40 heavy (non-hydrogen) atoms. The molecule has 1 aliphatic heterocycles. The van der Waals surface area contributed by atoms with Crippen molar-refractivity contribution in [3.8, 4) is 5.75 Å². The molecule has 210 valence electrons. The number of nitrogens with one attached hydrogen (secondary N) is 2. The molecule has 1 aliphatic rings. The number of ether oxygens (including phenoxy) is 2. The Morgan fingerprint density at radius 2 is 1.85 bits per heavy atom. The van der Waals surface area contributed by atoms with E-state index < -0.39 is 46.8 Å². The molecule has 0 unspecified atom stereocenters. The molecule has 1 amide bonds. The predicted molar refractivity (Wildman–Crippen MR) is 143 cm³/mol. The summed E-state index contributed by atoms with van der Waals surface area (Å²) in [5, 5.41) is 26.5. The number of carbonyl (C=O) groups is 1. The van der Waals surface area contributed by atoms with Crippen LogP contribution in [0.5, 0.6) is 5.75 Å². The summed E-state index contributed by atoms with van der Waals surface area (Å²) in [7, 11) is -3.29. The van der Waals surface area contributed by atoms with Crippen LogP contribution in [0.2, 0.25) is 0 Å². The molecule has 0 bridgehead atoms. The van der Waals surface area contributed by atoms with Crippen LogP contribution in [-0.4, -0.2) is 81.8 Å². The lowest BCUT2D eigenvalue weighted by Gasteiger charge is -2.23. The van der Waals surface area contributed by atoms with Gasteiger partial charge in [-0.2, -0.15) is 0 Å². The third-order valence-corrected chi connectivity index (χ3v) is 7.56. The van der Waals surface area contributed by atoms with E-state index in [0.717, 1.165) is 11.8 Å². The van der Waals surface area contributed by atoms with Crippen molar-refractivity contribution in [1.82, 2.24) is 24.8 Å². The molecule has 14 heteroatoms. The lowest BCUT2D eigenvalue weighted by Crippen LogP contribution is -2.48. The molecule has 1 fully saturated rings. The van der Waals surface area contributed by atoms with Crippen LogP contribution >= 0.6 is 0 Å². The van der Waals surface area contributed by atoms with Crippen molar-refractivity contribution >= 4 is 32.7 Å². The van der Waals surface area contributed by atoms with Crippen molar-refractivity contribution in [2.75, 3.05) is 24.8 Å². The number of nitrogens with zero attached hydrogens (tertiary/aromatic N) is 4. The number of anilines is 1. The number of benzene rings is 2. The van der Waals surface area contributed by atoms with Crippen LogP contribution in [0.25, 0.3) is 11.2 Å². The van der Waals surface area contributed by atoms with Crippen molar-refractivity contribution in [2.45, 2.75) is 35.9 Å². The predicted octanol–water partition coefficient (Wildman–Crippen LogP) is 0.656. The number of imidazole rings is 1. The zero-order valence-electron chi connectivity index (χ0n) is 21.4. The number of rotatable bonds is 10. The lowest BCUT2D eigenvalue weighted by atomic mass is 10.1. The summed E-state index contributed by atoms with van der Waals surface area (Å²) in [4.78, 5) is 25.9. The molecule has 3 heterocycles. The van der Waals surface area contributed by atoms with Crippen molar-refractivity contribution in [2.24, 2.45) is 0 Å². The summed E-state index contributed by atoms with van der Waals surface area (Å²) in [6.45, 7) is -0.402. The number of aliphatic hydroxyl groups is 2. The Bertz CT molecular complexity index is 1580. The Hall–Kier alpha value is -4.11. The molecule has 4 aromatic rings. The molecular formula is C26H28N6O7S. The van der Waals surface area contributed by atoms with Crippen molar-refractivity contribution < 1.29 is 32.9 Å². The first-order valence-corrected chi connectivity index (χ1v) is 14.3. The van der Waals surface area contributed by atoms with Gasteiger partial charge in [0.15, 0.2) is 39.7 Å². The zero-order chi connectivity index (χ0) is 28.3. The molecule has 4 atom stereocenters. The van der Waals surface area contributed by atoms with Gasteiger partial charge in [-0.05, 0) is 29.8 Å². The second-order valence-electron chi connectivity index (χ2n) is 9.25. The van der Waals surface area contributed by atoms with Gasteiger partial charge < -0.3 is 30.3 Å². The zero-order valence-corrected chi connectivity index (χ0v) is 22.2. The minimum atomic E-state index is -3.29. The number of hydrogen-bond donors (Lipinski definition) is 4. The highest BCUT2D eigenvalue weighted by Crippen LogP contribution is 2.32. The van der Waals surface area contributed by atoms with E-state index in [1.807, 2.05) is 6.07 Å². The van der Waals surface area contributed by atoms with Crippen LogP contribution < -0.4 is 15.4 Å². The molecule has 2 aromatic heterocycles. The summed E-state index contributed by atoms with van der Waals surface area (Å²) in [5.74, 6) is 0.461. The number of fused-ring (bicyclic) bond motifs is 1. The van der Waals surface area contributed by atoms with Gasteiger partial charge in [0.25, 0.3) is 5.91 Å². The van der Waals surface area contributed by atoms with Crippen LogP contribution in [0, 0.1) is 0 Å². The van der Waals surface area contributed by atoms with E-state index in [1.54, 1.807) is 41.0 Å². The van der Waals surface area contributed by atoms with E-state index >= 15 is 0 Å². The molecule has 0 saturated carbocycles. The van der Waals surface area contributed by atoms with Gasteiger partial charge in [-0.1, -0.05) is 30.3 Å². The monoisotopic (exact) mass is 568 g/mol. The topological polar surface area (TPSA) is 178 Å². The Kier molecular flexibility index (Phi) is 7.93. The molecule has 2 aromatic carbocycles. The molecule has 0 radical (unpaired) electrons. The van der Waals surface area contributed by atoms with E-state index in [9.17, 15) is 23.4 Å². The van der Waals surface area contributed by atoms with Crippen molar-refractivity contribution in [3.63, 3.8) is 0 Å². The number of para-hydroxylation sites is 1. The van der Waals surface area contributed by atoms with Gasteiger partial charge in [-0.15, -0.1) is 0 Å². The van der Waals surface area contributed by atoms with Crippen molar-refractivity contribution in [1.29, 1.82) is 0 Å². The van der Waals surface area contributed by atoms with Crippen LogP contribution in [0.3, 0.4) is 0 Å². The van der Waals surface area contributed by atoms with Crippen LogP contribution in [0.4, 0.5) is 5.82 Å². The fourth-order valence-electron chi connectivity index (χ4n) is 4.39. The molecular weight excluding hydrogens is 540 g/mol. The Labute approximate surface area is 229 Å². The van der Waals surface area contributed by atoms with E-state index in [2.05, 4.69) is 25.6 Å². The van der Waals surface area contributed by atoms with Gasteiger partial charge in [-0.3, -0.25) is 9.36 Å². The molecule has 5 rings (SSSR count). The third kappa shape index (κ3) is 5.89. The second kappa shape index (κ2) is 11.6. The summed E-state index contributed by atoms with van der Waals surface area (Å²) < 4.78 is 36.4. The number of amides is 1. The lowest BCUT2D eigenvalue weighted by molar-refractivity contribution is -0.125. The second-order valence-corrected chi connectivity index (χ2v) is 11.3. The maximum Gasteiger partial charge on any atom is 0.258 e. The van der Waals surface area contributed by atoms with E-state index in [1.165, 1.54) is 24.8 Å². The van der Waals surface area contributed by atoms with E-state index in [-0.39, 0.29) is 11.5 Å². The van der Waals surface area contributed by atoms with Gasteiger partial charge in [-0.25, -0.2) is 23.4 Å². The maximum atomic E-state index is 12.7. The largest absolute Gasteiger partial charge is 0.484 e. The first kappa shape index (κ1) is 27.5. The van der Waals surface area contributed by atoms with Gasteiger partial charge in [0, 0.05) is 12.8 Å². The third-order valence-electron chi connectivity index (χ3n) is 6.44. The van der Waals surface area contributed by atoms with E-state index in [0.29, 0.717) is 29.3 Å². The van der Waals surface area contributed by atoms with Crippen LogP contribution in [-0.2, 0) is 25.9 Å². The van der Waals surface area contributed by atoms with Gasteiger partial charge in [0.2, 0.25) is 0 Å². The number of aromatic nitrogens is 4. The number of aliphatic hydroxyl groups excluding tert-OH is 2. The summed E-state index contributed by atoms with van der Waals surface area (Å²) >= 11 is 0. The number of hydrogen-bond acceptors (Lipinski definition) is 11. The van der Waals surface area contributed by atoms with Crippen LogP contribution in [0.1, 0.15) is 11.8 Å². The number of carbonyl (C=O) groups excluding carboxylic acids is 1. The highest BCUT2D eigenvalue weighted by atomic mass is 32.2. The smallest absolute Gasteiger partial charge is 0.258 e. The normalized spacial score (nSPS) is 20.9. The standard InChI is InChI=1S/C26H28N6O7S/c1-40(36,37)18-9-7-16(8-10-18)11-27-24-22-25(29-14-28-24)32(15-30-22)26-21(23(35)19(12-33)39-26)31-20(34)13-38-17-5-3-2-4-6-17/h2-10,14-15,19,21,23,26,33,35H,11-13H2,1H3,(H,31,34)(H,27,28,29)/t19-,21-,23-,26-/m1/s1.